The fraction of sp³-hybridized carbons (Fsp3) is 0.385. The zero-order valence-electron chi connectivity index (χ0n) is 20.6. The second-order valence-corrected chi connectivity index (χ2v) is 10.1. The Balaban J connectivity index is 1.22. The van der Waals surface area contributed by atoms with Gasteiger partial charge in [0, 0.05) is 61.9 Å². The van der Waals surface area contributed by atoms with Gasteiger partial charge in [0.1, 0.15) is 11.7 Å². The monoisotopic (exact) mass is 523 g/mol. The summed E-state index contributed by atoms with van der Waals surface area (Å²) in [4.78, 5) is 51.2. The molecule has 1 aromatic heterocycles. The minimum Gasteiger partial charge on any atom is -0.361 e. The smallest absolute Gasteiger partial charge is 0.319 e. The molecule has 0 radical (unpaired) electrons. The van der Waals surface area contributed by atoms with Gasteiger partial charge in [-0.2, -0.15) is 0 Å². The van der Waals surface area contributed by atoms with Crippen LogP contribution in [0.15, 0.2) is 60.7 Å². The molecule has 11 heteroatoms. The molecule has 2 N–H and O–H groups in total. The van der Waals surface area contributed by atoms with E-state index < -0.39 is 12.1 Å². The maximum atomic E-state index is 13.6. The highest BCUT2D eigenvalue weighted by Gasteiger charge is 2.41. The first-order valence-electron chi connectivity index (χ1n) is 12.4. The Morgan fingerprint density at radius 2 is 1.89 bits per heavy atom. The SMILES string of the molecule is CN1C=C2C(=O)N(C3CCN(C(=O)[C@@H](Cc4cccnc4)NC(=O)Nc4ccc(Cl)cc4)CC3)CN2C1. The Bertz CT molecular complexity index is 1180. The average molecular weight is 524 g/mol. The lowest BCUT2D eigenvalue weighted by Gasteiger charge is -2.38. The fourth-order valence-electron chi connectivity index (χ4n) is 5.10. The molecule has 1 atom stereocenters. The van der Waals surface area contributed by atoms with Crippen molar-refractivity contribution in [1.29, 1.82) is 0 Å². The zero-order valence-corrected chi connectivity index (χ0v) is 21.4. The van der Waals surface area contributed by atoms with Crippen molar-refractivity contribution in [2.24, 2.45) is 0 Å². The zero-order chi connectivity index (χ0) is 25.9. The number of fused-ring (bicyclic) bond motifs is 1. The van der Waals surface area contributed by atoms with Crippen LogP contribution in [0, 0.1) is 0 Å². The number of hydrogen-bond acceptors (Lipinski definition) is 6. The normalized spacial score (nSPS) is 18.5. The maximum absolute atomic E-state index is 13.6. The molecule has 10 nitrogen and oxygen atoms in total. The molecule has 0 unspecified atom stereocenters. The van der Waals surface area contributed by atoms with Crippen LogP contribution in [0.3, 0.4) is 0 Å². The number of piperidine rings is 1. The summed E-state index contributed by atoms with van der Waals surface area (Å²) in [5, 5.41) is 6.18. The quantitative estimate of drug-likeness (QED) is 0.602. The van der Waals surface area contributed by atoms with Crippen molar-refractivity contribution in [2.45, 2.75) is 31.3 Å². The molecule has 5 rings (SSSR count). The van der Waals surface area contributed by atoms with Crippen molar-refractivity contribution in [3.63, 3.8) is 0 Å². The second kappa shape index (κ2) is 10.7. The largest absolute Gasteiger partial charge is 0.361 e. The van der Waals surface area contributed by atoms with Gasteiger partial charge in [-0.15, -0.1) is 0 Å². The molecule has 0 aliphatic carbocycles. The Kier molecular flexibility index (Phi) is 7.18. The van der Waals surface area contributed by atoms with E-state index in [1.54, 1.807) is 41.6 Å². The van der Waals surface area contributed by atoms with E-state index in [4.69, 9.17) is 11.6 Å². The maximum Gasteiger partial charge on any atom is 0.319 e. The molecule has 0 bridgehead atoms. The predicted molar refractivity (Wildman–Crippen MR) is 139 cm³/mol. The van der Waals surface area contributed by atoms with Crippen molar-refractivity contribution < 1.29 is 14.4 Å². The van der Waals surface area contributed by atoms with Gasteiger partial charge in [0.15, 0.2) is 0 Å². The van der Waals surface area contributed by atoms with E-state index in [1.807, 2.05) is 35.2 Å². The standard InChI is InChI=1S/C26H30ClN7O3/c1-31-15-23-25(36)34(17-33(23)16-31)21-8-11-32(12-9-21)24(35)22(13-18-3-2-10-28-14-18)30-26(37)29-20-6-4-19(27)5-7-20/h2-7,10,14-15,21-22H,8-9,11-13,16-17H2,1H3,(H2,29,30,37)/t22-/m1/s1. The van der Waals surface area contributed by atoms with Crippen LogP contribution >= 0.6 is 11.6 Å². The van der Waals surface area contributed by atoms with Gasteiger partial charge in [-0.05, 0) is 48.7 Å². The van der Waals surface area contributed by atoms with Crippen LogP contribution in [0.4, 0.5) is 10.5 Å². The molecular weight excluding hydrogens is 494 g/mol. The molecule has 3 aliphatic heterocycles. The van der Waals surface area contributed by atoms with E-state index in [0.29, 0.717) is 56.4 Å². The van der Waals surface area contributed by atoms with E-state index in [1.165, 1.54) is 0 Å². The summed E-state index contributed by atoms with van der Waals surface area (Å²) >= 11 is 5.93. The molecule has 4 heterocycles. The van der Waals surface area contributed by atoms with Crippen LogP contribution in [0.5, 0.6) is 0 Å². The van der Waals surface area contributed by atoms with Gasteiger partial charge in [-0.25, -0.2) is 4.79 Å². The highest BCUT2D eigenvalue weighted by atomic mass is 35.5. The van der Waals surface area contributed by atoms with Crippen molar-refractivity contribution >= 4 is 35.1 Å². The highest BCUT2D eigenvalue weighted by Crippen LogP contribution is 2.29. The molecule has 37 heavy (non-hydrogen) atoms. The van der Waals surface area contributed by atoms with Gasteiger partial charge < -0.3 is 30.2 Å². The first-order chi connectivity index (χ1) is 17.9. The number of carbonyl (C=O) groups excluding carboxylic acids is 3. The summed E-state index contributed by atoms with van der Waals surface area (Å²) in [5.74, 6) is -0.0876. The number of nitrogens with zero attached hydrogens (tertiary/aromatic N) is 5. The third-order valence-electron chi connectivity index (χ3n) is 6.97. The number of benzene rings is 1. The van der Waals surface area contributed by atoms with Crippen LogP contribution in [0.1, 0.15) is 18.4 Å². The van der Waals surface area contributed by atoms with Gasteiger partial charge in [0.25, 0.3) is 5.91 Å². The topological polar surface area (TPSA) is 101 Å². The summed E-state index contributed by atoms with van der Waals surface area (Å²) in [6.07, 6.45) is 6.98. The third kappa shape index (κ3) is 5.64. The number of hydrogen-bond donors (Lipinski definition) is 2. The summed E-state index contributed by atoms with van der Waals surface area (Å²) < 4.78 is 0. The van der Waals surface area contributed by atoms with Gasteiger partial charge in [0.05, 0.1) is 13.3 Å². The van der Waals surface area contributed by atoms with E-state index in [2.05, 4.69) is 20.5 Å². The lowest BCUT2D eigenvalue weighted by Crippen LogP contribution is -2.54. The van der Waals surface area contributed by atoms with Gasteiger partial charge in [-0.3, -0.25) is 14.6 Å². The van der Waals surface area contributed by atoms with Crippen molar-refractivity contribution in [2.75, 3.05) is 38.8 Å². The number of aromatic nitrogens is 1. The average Bonchev–Trinajstić information content (AvgIpc) is 3.41. The summed E-state index contributed by atoms with van der Waals surface area (Å²) in [6, 6.07) is 9.32. The Morgan fingerprint density at radius 3 is 2.57 bits per heavy atom. The molecule has 1 aromatic carbocycles. The van der Waals surface area contributed by atoms with Gasteiger partial charge in [-0.1, -0.05) is 17.7 Å². The number of anilines is 1. The molecule has 194 valence electrons. The van der Waals surface area contributed by atoms with Gasteiger partial charge in [0.2, 0.25) is 5.91 Å². The van der Waals surface area contributed by atoms with E-state index in [-0.39, 0.29) is 17.9 Å². The summed E-state index contributed by atoms with van der Waals surface area (Å²) in [7, 11) is 1.96. The molecule has 3 aliphatic rings. The van der Waals surface area contributed by atoms with Crippen LogP contribution in [-0.2, 0) is 16.0 Å². The van der Waals surface area contributed by atoms with E-state index in [9.17, 15) is 14.4 Å². The molecule has 2 saturated heterocycles. The predicted octanol–water partition coefficient (Wildman–Crippen LogP) is 2.30. The molecule has 4 amide bonds. The first-order valence-corrected chi connectivity index (χ1v) is 12.7. The van der Waals surface area contributed by atoms with E-state index >= 15 is 0 Å². The highest BCUT2D eigenvalue weighted by molar-refractivity contribution is 6.30. The minimum absolute atomic E-state index is 0.0594. The van der Waals surface area contributed by atoms with Crippen molar-refractivity contribution in [3.8, 4) is 0 Å². The number of likely N-dealkylation sites (tertiary alicyclic amines) is 1. The first kappa shape index (κ1) is 24.9. The fourth-order valence-corrected chi connectivity index (χ4v) is 5.22. The molecule has 2 aromatic rings. The third-order valence-corrected chi connectivity index (χ3v) is 7.22. The Hall–Kier alpha value is -3.79. The van der Waals surface area contributed by atoms with Gasteiger partial charge >= 0.3 is 6.03 Å². The Morgan fingerprint density at radius 1 is 1.14 bits per heavy atom. The molecule has 0 saturated carbocycles. The minimum atomic E-state index is -0.757. The number of carbonyl (C=O) groups is 3. The number of amides is 4. The lowest BCUT2D eigenvalue weighted by molar-refractivity contribution is -0.135. The van der Waals surface area contributed by atoms with Crippen molar-refractivity contribution in [1.82, 2.24) is 29.9 Å². The van der Waals surface area contributed by atoms with Crippen LogP contribution in [0.25, 0.3) is 0 Å². The van der Waals surface area contributed by atoms with Crippen molar-refractivity contribution in [3.05, 3.63) is 71.3 Å². The number of nitrogens with one attached hydrogen (secondary N) is 2. The van der Waals surface area contributed by atoms with Crippen LogP contribution in [-0.4, -0.2) is 88.0 Å². The number of halogens is 1. The molecule has 2 fully saturated rings. The summed E-state index contributed by atoms with van der Waals surface area (Å²) in [6.45, 7) is 2.35. The molecule has 0 spiro atoms. The molecular formula is C26H30ClN7O3. The lowest BCUT2D eigenvalue weighted by atomic mass is 10.0. The number of urea groups is 1. The number of pyridine rings is 1. The second-order valence-electron chi connectivity index (χ2n) is 9.65. The van der Waals surface area contributed by atoms with Crippen LogP contribution < -0.4 is 10.6 Å². The van der Waals surface area contributed by atoms with Crippen LogP contribution in [0.2, 0.25) is 5.02 Å². The number of rotatable bonds is 6. The van der Waals surface area contributed by atoms with E-state index in [0.717, 1.165) is 11.3 Å². The summed E-state index contributed by atoms with van der Waals surface area (Å²) in [5.41, 5.74) is 2.17. The Labute approximate surface area is 220 Å².